The van der Waals surface area contributed by atoms with Gasteiger partial charge in [0.2, 0.25) is 0 Å². The molecule has 0 fully saturated rings. The zero-order valence-corrected chi connectivity index (χ0v) is 9.80. The summed E-state index contributed by atoms with van der Waals surface area (Å²) < 4.78 is 0. The van der Waals surface area contributed by atoms with Gasteiger partial charge < -0.3 is 11.5 Å². The van der Waals surface area contributed by atoms with Crippen molar-refractivity contribution >= 4 is 0 Å². The molecule has 0 heterocycles. The van der Waals surface area contributed by atoms with E-state index in [2.05, 4.69) is 0 Å². The predicted molar refractivity (Wildman–Crippen MR) is 57.7 cm³/mol. The van der Waals surface area contributed by atoms with Gasteiger partial charge in [-0.25, -0.2) is 9.78 Å². The molecule has 0 aromatic heterocycles. The van der Waals surface area contributed by atoms with E-state index in [1.807, 2.05) is 27.7 Å². The van der Waals surface area contributed by atoms with Crippen LogP contribution in [0.15, 0.2) is 0 Å². The molecule has 0 aliphatic carbocycles. The maximum Gasteiger partial charge on any atom is 0.0992 e. The van der Waals surface area contributed by atoms with E-state index in [4.69, 9.17) is 21.2 Å². The molecule has 0 saturated carbocycles. The van der Waals surface area contributed by atoms with Gasteiger partial charge in [0, 0.05) is 0 Å². The lowest BCUT2D eigenvalue weighted by atomic mass is 10.1. The lowest BCUT2D eigenvalue weighted by Crippen LogP contribution is -2.35. The van der Waals surface area contributed by atoms with Crippen molar-refractivity contribution < 1.29 is 9.78 Å². The third-order valence-corrected chi connectivity index (χ3v) is 1.99. The average Bonchev–Trinajstić information content (AvgIpc) is 2.01. The van der Waals surface area contributed by atoms with E-state index in [0.717, 1.165) is 12.8 Å². The molecular weight excluding hydrogens is 180 g/mol. The van der Waals surface area contributed by atoms with Crippen LogP contribution >= 0.6 is 0 Å². The molecule has 0 aromatic rings. The number of hydrogen-bond donors (Lipinski definition) is 2. The molecule has 4 heteroatoms. The summed E-state index contributed by atoms with van der Waals surface area (Å²) in [4.78, 5) is 10.7. The summed E-state index contributed by atoms with van der Waals surface area (Å²) in [5.41, 5.74) is 10.2. The molecule has 0 radical (unpaired) electrons. The molecule has 0 rings (SSSR count). The molecule has 4 nitrogen and oxygen atoms in total. The summed E-state index contributed by atoms with van der Waals surface area (Å²) in [7, 11) is 0. The zero-order valence-electron chi connectivity index (χ0n) is 9.80. The van der Waals surface area contributed by atoms with Crippen LogP contribution in [0.4, 0.5) is 0 Å². The maximum absolute atomic E-state index is 5.46. The van der Waals surface area contributed by atoms with Gasteiger partial charge in [-0.15, -0.1) is 0 Å². The average molecular weight is 204 g/mol. The number of nitrogens with two attached hydrogens (primary N) is 2. The van der Waals surface area contributed by atoms with Crippen LogP contribution in [-0.2, 0) is 9.78 Å². The Kier molecular flexibility index (Phi) is 5.59. The quantitative estimate of drug-likeness (QED) is 0.483. The highest BCUT2D eigenvalue weighted by Gasteiger charge is 2.25. The van der Waals surface area contributed by atoms with Gasteiger partial charge in [-0.1, -0.05) is 0 Å². The molecule has 4 N–H and O–H groups in total. The summed E-state index contributed by atoms with van der Waals surface area (Å²) in [5, 5.41) is 0. The van der Waals surface area contributed by atoms with Gasteiger partial charge in [-0.2, -0.15) is 0 Å². The minimum atomic E-state index is -0.333. The van der Waals surface area contributed by atoms with Crippen LogP contribution in [0, 0.1) is 0 Å². The van der Waals surface area contributed by atoms with Crippen molar-refractivity contribution in [3.63, 3.8) is 0 Å². The van der Waals surface area contributed by atoms with E-state index in [0.29, 0.717) is 13.1 Å². The van der Waals surface area contributed by atoms with E-state index in [-0.39, 0.29) is 11.2 Å². The highest BCUT2D eigenvalue weighted by atomic mass is 17.2. The molecular formula is C10H24N2O2. The molecule has 0 unspecified atom stereocenters. The molecule has 0 atom stereocenters. The first-order chi connectivity index (χ1) is 6.33. The van der Waals surface area contributed by atoms with Gasteiger partial charge >= 0.3 is 0 Å². The molecule has 0 saturated heterocycles. The molecule has 14 heavy (non-hydrogen) atoms. The number of hydrogen-bond acceptors (Lipinski definition) is 4. The van der Waals surface area contributed by atoms with Crippen molar-refractivity contribution in [1.82, 2.24) is 0 Å². The third kappa shape index (κ3) is 6.32. The largest absolute Gasteiger partial charge is 0.330 e. The topological polar surface area (TPSA) is 70.5 Å². The van der Waals surface area contributed by atoms with Crippen LogP contribution in [0.3, 0.4) is 0 Å². The van der Waals surface area contributed by atoms with Gasteiger partial charge in [0.25, 0.3) is 0 Å². The lowest BCUT2D eigenvalue weighted by molar-refractivity contribution is -0.401. The Morgan fingerprint density at radius 1 is 0.786 bits per heavy atom. The summed E-state index contributed by atoms with van der Waals surface area (Å²) in [6.45, 7) is 9.01. The van der Waals surface area contributed by atoms with Gasteiger partial charge in [0.1, 0.15) is 0 Å². The first-order valence-corrected chi connectivity index (χ1v) is 5.10. The number of rotatable bonds is 7. The molecule has 0 spiro atoms. The Balaban J connectivity index is 3.90. The smallest absolute Gasteiger partial charge is 0.0992 e. The lowest BCUT2D eigenvalue weighted by Gasteiger charge is -2.30. The van der Waals surface area contributed by atoms with Gasteiger partial charge in [-0.3, -0.25) is 0 Å². The Morgan fingerprint density at radius 3 is 1.29 bits per heavy atom. The minimum Gasteiger partial charge on any atom is -0.330 e. The van der Waals surface area contributed by atoms with Crippen molar-refractivity contribution in [2.24, 2.45) is 11.5 Å². The molecule has 0 amide bonds. The van der Waals surface area contributed by atoms with Crippen molar-refractivity contribution in [3.05, 3.63) is 0 Å². The van der Waals surface area contributed by atoms with Crippen LogP contribution < -0.4 is 11.5 Å². The fourth-order valence-corrected chi connectivity index (χ4v) is 1.00. The van der Waals surface area contributed by atoms with Crippen molar-refractivity contribution in [2.75, 3.05) is 13.1 Å². The van der Waals surface area contributed by atoms with E-state index in [1.165, 1.54) is 0 Å². The van der Waals surface area contributed by atoms with Crippen LogP contribution in [0.1, 0.15) is 40.5 Å². The fraction of sp³-hybridized carbons (Fsp3) is 1.00. The Bertz CT molecular complexity index is 140. The van der Waals surface area contributed by atoms with E-state index >= 15 is 0 Å². The SMILES string of the molecule is CC(C)(CCN)OOC(C)(C)CCN. The summed E-state index contributed by atoms with van der Waals surface area (Å²) in [6.07, 6.45) is 1.54. The summed E-state index contributed by atoms with van der Waals surface area (Å²) in [5.74, 6) is 0. The first-order valence-electron chi connectivity index (χ1n) is 5.10. The van der Waals surface area contributed by atoms with Crippen LogP contribution in [0.5, 0.6) is 0 Å². The predicted octanol–water partition coefficient (Wildman–Crippen LogP) is 1.19. The molecule has 86 valence electrons. The van der Waals surface area contributed by atoms with Crippen molar-refractivity contribution in [2.45, 2.75) is 51.7 Å². The van der Waals surface area contributed by atoms with Gasteiger partial charge in [0.05, 0.1) is 11.2 Å². The first kappa shape index (κ1) is 13.8. The fourth-order valence-electron chi connectivity index (χ4n) is 1.00. The molecule has 0 aliphatic rings. The van der Waals surface area contributed by atoms with E-state index in [1.54, 1.807) is 0 Å². The molecule has 0 aliphatic heterocycles. The van der Waals surface area contributed by atoms with Gasteiger partial charge in [0.15, 0.2) is 0 Å². The van der Waals surface area contributed by atoms with Crippen molar-refractivity contribution in [1.29, 1.82) is 0 Å². The maximum atomic E-state index is 5.46. The third-order valence-electron chi connectivity index (χ3n) is 1.99. The Labute approximate surface area is 86.9 Å². The zero-order chi connectivity index (χ0) is 11.2. The minimum absolute atomic E-state index is 0.333. The van der Waals surface area contributed by atoms with Gasteiger partial charge in [-0.05, 0) is 53.6 Å². The second kappa shape index (κ2) is 5.66. The highest BCUT2D eigenvalue weighted by molar-refractivity contribution is 4.69. The van der Waals surface area contributed by atoms with Crippen LogP contribution in [-0.4, -0.2) is 24.3 Å². The standard InChI is InChI=1S/C10H24N2O2/c1-9(2,5-7-11)13-14-10(3,4)6-8-12/h5-8,11-12H2,1-4H3. The highest BCUT2D eigenvalue weighted by Crippen LogP contribution is 2.20. The second-order valence-corrected chi connectivity index (χ2v) is 4.76. The molecule has 0 bridgehead atoms. The summed E-state index contributed by atoms with van der Waals surface area (Å²) >= 11 is 0. The second-order valence-electron chi connectivity index (χ2n) is 4.76. The van der Waals surface area contributed by atoms with Crippen molar-refractivity contribution in [3.8, 4) is 0 Å². The monoisotopic (exact) mass is 204 g/mol. The Morgan fingerprint density at radius 2 is 1.07 bits per heavy atom. The summed E-state index contributed by atoms with van der Waals surface area (Å²) in [6, 6.07) is 0. The van der Waals surface area contributed by atoms with E-state index < -0.39 is 0 Å². The molecule has 0 aromatic carbocycles. The van der Waals surface area contributed by atoms with Crippen LogP contribution in [0.2, 0.25) is 0 Å². The van der Waals surface area contributed by atoms with E-state index in [9.17, 15) is 0 Å². The normalized spacial score (nSPS) is 13.3. The van der Waals surface area contributed by atoms with Crippen LogP contribution in [0.25, 0.3) is 0 Å². The Hall–Kier alpha value is -0.160.